The van der Waals surface area contributed by atoms with E-state index in [1.807, 2.05) is 20.8 Å². The molecule has 2 rings (SSSR count). The summed E-state index contributed by atoms with van der Waals surface area (Å²) in [5.74, 6) is -0.259. The van der Waals surface area contributed by atoms with E-state index in [0.717, 1.165) is 0 Å². The Morgan fingerprint density at radius 2 is 2.21 bits per heavy atom. The minimum atomic E-state index is -0.277. The van der Waals surface area contributed by atoms with Gasteiger partial charge in [-0.1, -0.05) is 6.92 Å². The number of rotatable bonds is 3. The number of nitrogens with zero attached hydrogens (tertiary/aromatic N) is 3. The predicted molar refractivity (Wildman–Crippen MR) is 75.9 cm³/mol. The lowest BCUT2D eigenvalue weighted by Crippen LogP contribution is -2.38. The monoisotopic (exact) mass is 279 g/mol. The molecule has 0 N–H and O–H groups in total. The van der Waals surface area contributed by atoms with Crippen LogP contribution in [-0.4, -0.2) is 33.3 Å². The number of fused-ring (bicyclic) bond motifs is 1. The van der Waals surface area contributed by atoms with E-state index in [-0.39, 0.29) is 23.1 Å². The van der Waals surface area contributed by atoms with Gasteiger partial charge in [-0.05, 0) is 20.3 Å². The molecule has 102 valence electrons. The van der Waals surface area contributed by atoms with Gasteiger partial charge in [0.1, 0.15) is 5.56 Å². The Labute approximate surface area is 115 Å². The Balaban J connectivity index is 2.67. The van der Waals surface area contributed by atoms with Gasteiger partial charge in [-0.25, -0.2) is 4.98 Å². The fraction of sp³-hybridized carbons (Fsp3) is 0.462. The highest BCUT2D eigenvalue weighted by Crippen LogP contribution is 2.13. The summed E-state index contributed by atoms with van der Waals surface area (Å²) in [6.45, 7) is 5.73. The number of hydrogen-bond donors (Lipinski definition) is 0. The van der Waals surface area contributed by atoms with Gasteiger partial charge in [-0.15, -0.1) is 11.3 Å². The molecule has 0 bridgehead atoms. The van der Waals surface area contributed by atoms with Crippen LogP contribution < -0.4 is 5.56 Å². The van der Waals surface area contributed by atoms with Crippen molar-refractivity contribution in [3.63, 3.8) is 0 Å². The first-order valence-electron chi connectivity index (χ1n) is 6.23. The summed E-state index contributed by atoms with van der Waals surface area (Å²) < 4.78 is 1.44. The zero-order valence-electron chi connectivity index (χ0n) is 11.5. The molecule has 2 aromatic rings. The average Bonchev–Trinajstić information content (AvgIpc) is 2.85. The molecule has 0 aliphatic rings. The second-order valence-corrected chi connectivity index (χ2v) is 5.53. The van der Waals surface area contributed by atoms with Crippen LogP contribution in [0.3, 0.4) is 0 Å². The van der Waals surface area contributed by atoms with Gasteiger partial charge in [0.2, 0.25) is 0 Å². The van der Waals surface area contributed by atoms with E-state index in [1.165, 1.54) is 15.7 Å². The molecule has 0 spiro atoms. The third kappa shape index (κ3) is 2.28. The number of aryl methyl sites for hydroxylation is 1. The summed E-state index contributed by atoms with van der Waals surface area (Å²) >= 11 is 1.39. The van der Waals surface area contributed by atoms with Crippen molar-refractivity contribution in [3.8, 4) is 0 Å². The average molecular weight is 279 g/mol. The molecule has 6 heteroatoms. The molecular weight excluding hydrogens is 262 g/mol. The molecule has 19 heavy (non-hydrogen) atoms. The maximum Gasteiger partial charge on any atom is 0.271 e. The van der Waals surface area contributed by atoms with Gasteiger partial charge in [0.05, 0.1) is 5.69 Å². The van der Waals surface area contributed by atoms with Gasteiger partial charge < -0.3 is 4.90 Å². The van der Waals surface area contributed by atoms with Gasteiger partial charge >= 0.3 is 0 Å². The van der Waals surface area contributed by atoms with E-state index in [9.17, 15) is 9.59 Å². The van der Waals surface area contributed by atoms with E-state index >= 15 is 0 Å². The summed E-state index contributed by atoms with van der Waals surface area (Å²) in [6.07, 6.45) is 2.22. The minimum Gasteiger partial charge on any atom is -0.339 e. The van der Waals surface area contributed by atoms with Crippen LogP contribution >= 0.6 is 11.3 Å². The van der Waals surface area contributed by atoms with E-state index in [0.29, 0.717) is 17.1 Å². The topological polar surface area (TPSA) is 54.7 Å². The summed E-state index contributed by atoms with van der Waals surface area (Å²) in [5, 5.41) is 1.80. The summed E-state index contributed by atoms with van der Waals surface area (Å²) in [7, 11) is 1.70. The highest BCUT2D eigenvalue weighted by molar-refractivity contribution is 7.15. The molecule has 0 atom stereocenters. The van der Waals surface area contributed by atoms with Gasteiger partial charge in [-0.2, -0.15) is 0 Å². The van der Waals surface area contributed by atoms with Crippen LogP contribution in [-0.2, 0) is 6.42 Å². The molecule has 0 aliphatic carbocycles. The van der Waals surface area contributed by atoms with Gasteiger partial charge in [0.15, 0.2) is 4.96 Å². The van der Waals surface area contributed by atoms with Crippen molar-refractivity contribution < 1.29 is 4.79 Å². The number of thiazole rings is 1. The second kappa shape index (κ2) is 5.13. The van der Waals surface area contributed by atoms with Gasteiger partial charge in [0.25, 0.3) is 11.5 Å². The SMILES string of the molecule is CCc1nc2sccn2c(=O)c1C(=O)N(C)C(C)C. The van der Waals surface area contributed by atoms with Crippen LogP contribution in [0, 0.1) is 0 Å². The molecule has 1 amide bonds. The first kappa shape index (κ1) is 13.7. The molecule has 0 aliphatic heterocycles. The Hall–Kier alpha value is -1.69. The molecule has 2 aromatic heterocycles. The summed E-state index contributed by atoms with van der Waals surface area (Å²) in [6, 6.07) is 0.0415. The maximum absolute atomic E-state index is 12.4. The smallest absolute Gasteiger partial charge is 0.271 e. The molecule has 0 saturated carbocycles. The van der Waals surface area contributed by atoms with Crippen LogP contribution in [0.25, 0.3) is 4.96 Å². The molecule has 0 saturated heterocycles. The first-order valence-corrected chi connectivity index (χ1v) is 7.11. The van der Waals surface area contributed by atoms with Crippen LogP contribution in [0.1, 0.15) is 36.8 Å². The number of carbonyl (C=O) groups excluding carboxylic acids is 1. The molecular formula is C13H17N3O2S. The predicted octanol–water partition coefficient (Wildman–Crippen LogP) is 1.80. The minimum absolute atomic E-state index is 0.0415. The van der Waals surface area contributed by atoms with Crippen molar-refractivity contribution in [2.75, 3.05) is 7.05 Å². The maximum atomic E-state index is 12.4. The van der Waals surface area contributed by atoms with E-state index < -0.39 is 0 Å². The largest absolute Gasteiger partial charge is 0.339 e. The zero-order chi connectivity index (χ0) is 14.2. The standard InChI is InChI=1S/C13H17N3O2S/c1-5-9-10(11(17)15(4)8(2)3)12(18)16-6-7-19-13(16)14-9/h6-8H,5H2,1-4H3. The van der Waals surface area contributed by atoms with Crippen molar-refractivity contribution in [2.24, 2.45) is 0 Å². The molecule has 0 aromatic carbocycles. The molecule has 2 heterocycles. The van der Waals surface area contributed by atoms with Crippen LogP contribution in [0.4, 0.5) is 0 Å². The highest BCUT2D eigenvalue weighted by Gasteiger charge is 2.23. The third-order valence-electron chi connectivity index (χ3n) is 3.19. The molecule has 5 nitrogen and oxygen atoms in total. The molecule has 0 radical (unpaired) electrons. The first-order chi connectivity index (χ1) is 8.97. The van der Waals surface area contributed by atoms with Crippen molar-refractivity contribution >= 4 is 22.2 Å². The van der Waals surface area contributed by atoms with Crippen LogP contribution in [0.2, 0.25) is 0 Å². The number of amides is 1. The highest BCUT2D eigenvalue weighted by atomic mass is 32.1. The molecule has 0 unspecified atom stereocenters. The van der Waals surface area contributed by atoms with Gasteiger partial charge in [-0.3, -0.25) is 14.0 Å². The summed E-state index contributed by atoms with van der Waals surface area (Å²) in [5.41, 5.74) is 0.486. The van der Waals surface area contributed by atoms with E-state index in [2.05, 4.69) is 4.98 Å². The third-order valence-corrected chi connectivity index (χ3v) is 3.94. The lowest BCUT2D eigenvalue weighted by molar-refractivity contribution is 0.0751. The van der Waals surface area contributed by atoms with Crippen LogP contribution in [0.5, 0.6) is 0 Å². The van der Waals surface area contributed by atoms with Gasteiger partial charge in [0, 0.05) is 24.7 Å². The quantitative estimate of drug-likeness (QED) is 0.861. The zero-order valence-corrected chi connectivity index (χ0v) is 12.3. The Morgan fingerprint density at radius 3 is 2.79 bits per heavy atom. The number of aromatic nitrogens is 2. The van der Waals surface area contributed by atoms with Crippen molar-refractivity contribution in [1.29, 1.82) is 0 Å². The fourth-order valence-corrected chi connectivity index (χ4v) is 2.53. The normalized spacial score (nSPS) is 11.2. The number of carbonyl (C=O) groups is 1. The molecule has 0 fully saturated rings. The Morgan fingerprint density at radius 1 is 1.53 bits per heavy atom. The van der Waals surface area contributed by atoms with Crippen molar-refractivity contribution in [3.05, 3.63) is 33.2 Å². The number of hydrogen-bond acceptors (Lipinski definition) is 4. The second-order valence-electron chi connectivity index (χ2n) is 4.66. The fourth-order valence-electron chi connectivity index (χ4n) is 1.80. The lowest BCUT2D eigenvalue weighted by Gasteiger charge is -2.21. The summed E-state index contributed by atoms with van der Waals surface area (Å²) in [4.78, 5) is 31.5. The van der Waals surface area contributed by atoms with Crippen molar-refractivity contribution in [2.45, 2.75) is 33.2 Å². The van der Waals surface area contributed by atoms with Crippen LogP contribution in [0.15, 0.2) is 16.4 Å². The van der Waals surface area contributed by atoms with Crippen molar-refractivity contribution in [1.82, 2.24) is 14.3 Å². The lowest BCUT2D eigenvalue weighted by atomic mass is 10.1. The Bertz CT molecular complexity index is 672. The van der Waals surface area contributed by atoms with E-state index in [1.54, 1.807) is 23.5 Å². The van der Waals surface area contributed by atoms with E-state index in [4.69, 9.17) is 0 Å². The Kier molecular flexibility index (Phi) is 3.71.